The molecule has 0 spiro atoms. The second kappa shape index (κ2) is 5.11. The first kappa shape index (κ1) is 17.6. The van der Waals surface area contributed by atoms with Crippen LogP contribution in [-0.4, -0.2) is 26.8 Å². The van der Waals surface area contributed by atoms with Crippen LogP contribution in [0.5, 0.6) is 0 Å². The van der Waals surface area contributed by atoms with Crippen LogP contribution < -0.4 is 5.32 Å². The van der Waals surface area contributed by atoms with Gasteiger partial charge in [0.25, 0.3) is 0 Å². The molecule has 2 N–H and O–H groups in total. The number of nitrogens with zero attached hydrogens (tertiary/aromatic N) is 2. The second-order valence-corrected chi connectivity index (χ2v) is 10.4. The highest BCUT2D eigenvalue weighted by Crippen LogP contribution is 2.69. The Morgan fingerprint density at radius 2 is 1.81 bits per heavy atom. The van der Waals surface area contributed by atoms with Crippen LogP contribution in [-0.2, 0) is 15.1 Å². The maximum atomic E-state index is 13.3. The van der Waals surface area contributed by atoms with Crippen LogP contribution in [0.2, 0.25) is 0 Å². The molecule has 0 aliphatic heterocycles. The summed E-state index contributed by atoms with van der Waals surface area (Å²) in [5, 5.41) is 16.6. The van der Waals surface area contributed by atoms with Gasteiger partial charge in [0, 0.05) is 6.20 Å². The first-order valence-corrected chi connectivity index (χ1v) is 9.56. The summed E-state index contributed by atoms with van der Waals surface area (Å²) in [6.45, 7) is 7.89. The number of rotatable bonds is 4. The van der Waals surface area contributed by atoms with Crippen LogP contribution in [0.1, 0.15) is 66.2 Å². The van der Waals surface area contributed by atoms with E-state index in [1.165, 1.54) is 23.9 Å². The number of carboxylic acid groups (broad SMARTS) is 1. The van der Waals surface area contributed by atoms with E-state index in [1.807, 2.05) is 0 Å². The van der Waals surface area contributed by atoms with Gasteiger partial charge in [0.2, 0.25) is 5.91 Å². The summed E-state index contributed by atoms with van der Waals surface area (Å²) in [5.74, 6) is -0.215. The molecule has 1 amide bonds. The molecule has 142 valence electrons. The van der Waals surface area contributed by atoms with Crippen LogP contribution in [0.25, 0.3) is 0 Å². The molecule has 1 heterocycles. The number of aliphatic carboxylic acids is 1. The highest BCUT2D eigenvalue weighted by Gasteiger charge is 2.62. The molecule has 5 rings (SSSR count). The summed E-state index contributed by atoms with van der Waals surface area (Å²) in [6, 6.07) is 0. The van der Waals surface area contributed by atoms with E-state index < -0.39 is 11.5 Å². The lowest BCUT2D eigenvalue weighted by atomic mass is 9.40. The Kier molecular flexibility index (Phi) is 3.45. The minimum absolute atomic E-state index is 0.0896. The molecular weight excluding hydrogens is 330 g/mol. The Hall–Kier alpha value is -1.85. The van der Waals surface area contributed by atoms with Gasteiger partial charge in [-0.05, 0) is 69.1 Å². The molecule has 4 aliphatic carbocycles. The number of anilines is 1. The average Bonchev–Trinajstić information content (AvgIpc) is 2.92. The molecule has 26 heavy (non-hydrogen) atoms. The molecule has 1 aromatic heterocycles. The van der Waals surface area contributed by atoms with Gasteiger partial charge in [-0.25, -0.2) is 4.79 Å². The first-order valence-electron chi connectivity index (χ1n) is 9.56. The van der Waals surface area contributed by atoms with Crippen molar-refractivity contribution in [1.82, 2.24) is 9.78 Å². The van der Waals surface area contributed by atoms with Crippen LogP contribution in [0.15, 0.2) is 12.4 Å². The molecule has 0 saturated heterocycles. The maximum absolute atomic E-state index is 13.3. The number of nitrogens with one attached hydrogen (secondary N) is 1. The van der Waals surface area contributed by atoms with Gasteiger partial charge in [-0.1, -0.05) is 13.8 Å². The van der Waals surface area contributed by atoms with Crippen LogP contribution in [0, 0.1) is 22.2 Å². The monoisotopic (exact) mass is 359 g/mol. The van der Waals surface area contributed by atoms with Crippen molar-refractivity contribution >= 4 is 17.6 Å². The Morgan fingerprint density at radius 3 is 2.35 bits per heavy atom. The van der Waals surface area contributed by atoms with Gasteiger partial charge in [0.1, 0.15) is 0 Å². The van der Waals surface area contributed by atoms with Crippen molar-refractivity contribution in [3.63, 3.8) is 0 Å². The molecule has 6 heteroatoms. The lowest BCUT2D eigenvalue weighted by Gasteiger charge is -2.64. The van der Waals surface area contributed by atoms with Crippen molar-refractivity contribution < 1.29 is 14.7 Å². The lowest BCUT2D eigenvalue weighted by molar-refractivity contribution is -0.165. The summed E-state index contributed by atoms with van der Waals surface area (Å²) in [5.41, 5.74) is -0.296. The zero-order valence-corrected chi connectivity index (χ0v) is 16.1. The molecule has 4 fully saturated rings. The van der Waals surface area contributed by atoms with Crippen molar-refractivity contribution in [2.24, 2.45) is 22.2 Å². The smallest absolute Gasteiger partial charge is 0.331 e. The normalized spacial score (nSPS) is 38.4. The van der Waals surface area contributed by atoms with Crippen LogP contribution >= 0.6 is 0 Å². The van der Waals surface area contributed by atoms with Crippen molar-refractivity contribution in [2.45, 2.75) is 71.8 Å². The standard InChI is InChI=1S/C20H29N3O3/c1-17(2,16(25)26)23-9-14(8-21-23)22-15(24)20-7-13-5-18(3,11-20)10-19(4,6-13)12-20/h8-9,13H,5-7,10-12H2,1-4H3,(H,22,24)(H,25,26). The fourth-order valence-electron chi connectivity index (χ4n) is 6.76. The molecule has 0 aromatic carbocycles. The topological polar surface area (TPSA) is 84.2 Å². The fraction of sp³-hybridized carbons (Fsp3) is 0.750. The number of hydrogen-bond acceptors (Lipinski definition) is 3. The average molecular weight is 359 g/mol. The number of carboxylic acids is 1. The van der Waals surface area contributed by atoms with Crippen molar-refractivity contribution in [1.29, 1.82) is 0 Å². The minimum Gasteiger partial charge on any atom is -0.479 e. The van der Waals surface area contributed by atoms with Crippen LogP contribution in [0.4, 0.5) is 5.69 Å². The molecule has 4 saturated carbocycles. The van der Waals surface area contributed by atoms with E-state index in [-0.39, 0.29) is 22.2 Å². The predicted molar refractivity (Wildman–Crippen MR) is 97.7 cm³/mol. The van der Waals surface area contributed by atoms with E-state index >= 15 is 0 Å². The third kappa shape index (κ3) is 2.57. The van der Waals surface area contributed by atoms with Crippen LogP contribution in [0.3, 0.4) is 0 Å². The van der Waals surface area contributed by atoms with Gasteiger partial charge in [-0.3, -0.25) is 9.48 Å². The third-order valence-corrected chi connectivity index (χ3v) is 7.04. The Bertz CT molecular complexity index is 763. The van der Waals surface area contributed by atoms with Gasteiger partial charge in [0.15, 0.2) is 5.54 Å². The quantitative estimate of drug-likeness (QED) is 0.859. The van der Waals surface area contributed by atoms with Gasteiger partial charge in [-0.15, -0.1) is 0 Å². The Morgan fingerprint density at radius 1 is 1.19 bits per heavy atom. The van der Waals surface area contributed by atoms with Crippen molar-refractivity contribution in [3.05, 3.63) is 12.4 Å². The van der Waals surface area contributed by atoms with Gasteiger partial charge >= 0.3 is 5.97 Å². The fourth-order valence-corrected chi connectivity index (χ4v) is 6.76. The summed E-state index contributed by atoms with van der Waals surface area (Å²) in [4.78, 5) is 24.7. The first-order chi connectivity index (χ1) is 12.0. The predicted octanol–water partition coefficient (Wildman–Crippen LogP) is 3.64. The Balaban J connectivity index is 1.56. The maximum Gasteiger partial charge on any atom is 0.331 e. The van der Waals surface area contributed by atoms with Gasteiger partial charge in [-0.2, -0.15) is 5.10 Å². The molecule has 6 nitrogen and oxygen atoms in total. The molecule has 2 unspecified atom stereocenters. The molecular formula is C20H29N3O3. The number of amides is 1. The number of carbonyl (C=O) groups is 2. The SMILES string of the molecule is CC12CC3CC(C)(C1)CC(C(=O)Nc1cnn(C(C)(C)C(=O)O)c1)(C3)C2. The molecule has 4 aliphatic rings. The molecule has 0 radical (unpaired) electrons. The lowest BCUT2D eigenvalue weighted by Crippen LogP contribution is -2.58. The van der Waals surface area contributed by atoms with E-state index in [2.05, 4.69) is 24.3 Å². The van der Waals surface area contributed by atoms with E-state index in [1.54, 1.807) is 26.2 Å². The Labute approximate surface area is 154 Å². The molecule has 1 aromatic rings. The number of hydrogen-bond donors (Lipinski definition) is 2. The highest BCUT2D eigenvalue weighted by molar-refractivity contribution is 5.95. The zero-order valence-electron chi connectivity index (χ0n) is 16.1. The van der Waals surface area contributed by atoms with Crippen molar-refractivity contribution in [2.75, 3.05) is 5.32 Å². The van der Waals surface area contributed by atoms with E-state index in [9.17, 15) is 14.7 Å². The van der Waals surface area contributed by atoms with E-state index in [0.29, 0.717) is 11.6 Å². The number of carbonyl (C=O) groups excluding carboxylic acids is 1. The third-order valence-electron chi connectivity index (χ3n) is 7.04. The van der Waals surface area contributed by atoms with Crippen molar-refractivity contribution in [3.8, 4) is 0 Å². The molecule has 2 atom stereocenters. The number of aromatic nitrogens is 2. The van der Waals surface area contributed by atoms with E-state index in [4.69, 9.17) is 0 Å². The summed E-state index contributed by atoms with van der Waals surface area (Å²) >= 11 is 0. The summed E-state index contributed by atoms with van der Waals surface area (Å²) < 4.78 is 1.40. The summed E-state index contributed by atoms with van der Waals surface area (Å²) in [6.07, 6.45) is 9.82. The minimum atomic E-state index is -1.15. The van der Waals surface area contributed by atoms with Gasteiger partial charge < -0.3 is 10.4 Å². The van der Waals surface area contributed by atoms with E-state index in [0.717, 1.165) is 19.3 Å². The molecule has 4 bridgehead atoms. The second-order valence-electron chi connectivity index (χ2n) is 10.4. The van der Waals surface area contributed by atoms with Gasteiger partial charge in [0.05, 0.1) is 17.3 Å². The highest BCUT2D eigenvalue weighted by atomic mass is 16.4. The zero-order chi connectivity index (χ0) is 19.0. The largest absolute Gasteiger partial charge is 0.479 e. The summed E-state index contributed by atoms with van der Waals surface area (Å²) in [7, 11) is 0.